The van der Waals surface area contributed by atoms with Crippen LogP contribution >= 0.6 is 19.8 Å². The molecule has 0 saturated heterocycles. The van der Waals surface area contributed by atoms with Gasteiger partial charge in [0.25, 0.3) is 0 Å². The van der Waals surface area contributed by atoms with E-state index in [2.05, 4.69) is 29.0 Å². The Balaban J connectivity index is 0.000000165. The highest BCUT2D eigenvalue weighted by Crippen LogP contribution is 2.10. The van der Waals surface area contributed by atoms with E-state index in [1.165, 1.54) is 24.2 Å². The average Bonchev–Trinajstić information content (AvgIpc) is 2.32. The Morgan fingerprint density at radius 3 is 2.06 bits per heavy atom. The van der Waals surface area contributed by atoms with Gasteiger partial charge in [-0.3, -0.25) is 4.98 Å². The Labute approximate surface area is 101 Å². The zero-order valence-electron chi connectivity index (χ0n) is 8.71. The highest BCUT2D eigenvalue weighted by Gasteiger charge is 1.95. The number of hydrogen-bond donors (Lipinski definition) is 0. The minimum absolute atomic E-state index is 0.0988. The fourth-order valence-electron chi connectivity index (χ4n) is 0.895. The summed E-state index contributed by atoms with van der Waals surface area (Å²) in [5, 5.41) is 0. The molecule has 0 unspecified atom stereocenters. The first-order chi connectivity index (χ1) is 7.70. The predicted molar refractivity (Wildman–Crippen MR) is 67.3 cm³/mol. The zero-order valence-corrected chi connectivity index (χ0v) is 10.9. The van der Waals surface area contributed by atoms with Crippen molar-refractivity contribution in [3.63, 3.8) is 0 Å². The molecule has 0 radical (unpaired) electrons. The molecule has 0 amide bonds. The first kappa shape index (κ1) is 12.7. The van der Waals surface area contributed by atoms with Crippen LogP contribution in [-0.4, -0.2) is 9.97 Å². The number of halogens is 1. The second kappa shape index (κ2) is 7.00. The van der Waals surface area contributed by atoms with Crippen molar-refractivity contribution in [3.8, 4) is 0 Å². The van der Waals surface area contributed by atoms with Gasteiger partial charge in [0.2, 0.25) is 0 Å². The van der Waals surface area contributed by atoms with Crippen LogP contribution in [0.5, 0.6) is 0 Å². The maximum atomic E-state index is 10.2. The van der Waals surface area contributed by atoms with Crippen molar-refractivity contribution in [1.82, 2.24) is 9.97 Å². The minimum atomic E-state index is -3.35. The molecule has 5 heteroatoms. The molecule has 1 heterocycles. The molecule has 2 rings (SSSR count). The highest BCUT2D eigenvalue weighted by atomic mass is 127. The zero-order chi connectivity index (χ0) is 11.8. The Morgan fingerprint density at radius 1 is 1.06 bits per heavy atom. The van der Waals surface area contributed by atoms with Crippen LogP contribution in [0.2, 0.25) is 0 Å². The molecule has 0 bridgehead atoms. The van der Waals surface area contributed by atoms with Gasteiger partial charge in [0.1, 0.15) is 0 Å². The van der Waals surface area contributed by atoms with Crippen LogP contribution in [-0.2, 0) is 6.14 Å². The molecular formula is C11H11IN2O2. The molecule has 84 valence electrons. The third kappa shape index (κ3) is 4.92. The SMILES string of the molecule is Cc1ccccc1.O=I(=O)c1cnccn1. The lowest BCUT2D eigenvalue weighted by atomic mass is 10.2. The van der Waals surface area contributed by atoms with Crippen molar-refractivity contribution in [2.24, 2.45) is 0 Å². The number of rotatable bonds is 1. The third-order valence-corrected chi connectivity index (χ3v) is 3.09. The van der Waals surface area contributed by atoms with Crippen molar-refractivity contribution in [2.45, 2.75) is 6.92 Å². The maximum Gasteiger partial charge on any atom is 0.361 e. The van der Waals surface area contributed by atoms with Crippen molar-refractivity contribution >= 4 is 19.8 Å². The Morgan fingerprint density at radius 2 is 1.75 bits per heavy atom. The molecule has 0 saturated carbocycles. The largest absolute Gasteiger partial charge is 0.361 e. The van der Waals surface area contributed by atoms with E-state index in [0.29, 0.717) is 0 Å². The van der Waals surface area contributed by atoms with Gasteiger partial charge in [0.05, 0.1) is 6.20 Å². The van der Waals surface area contributed by atoms with Crippen LogP contribution in [0.25, 0.3) is 0 Å². The van der Waals surface area contributed by atoms with E-state index in [1.54, 1.807) is 0 Å². The number of aromatic nitrogens is 2. The molecule has 0 aliphatic rings. The van der Waals surface area contributed by atoms with Gasteiger partial charge in [0.15, 0.2) is 3.70 Å². The van der Waals surface area contributed by atoms with Gasteiger partial charge in [-0.25, -0.2) is 11.1 Å². The van der Waals surface area contributed by atoms with Crippen LogP contribution in [0.15, 0.2) is 48.9 Å². The molecule has 0 spiro atoms. The van der Waals surface area contributed by atoms with Crippen molar-refractivity contribution in [1.29, 1.82) is 0 Å². The Kier molecular flexibility index (Phi) is 5.55. The van der Waals surface area contributed by atoms with Crippen molar-refractivity contribution in [3.05, 3.63) is 58.2 Å². The average molecular weight is 330 g/mol. The number of aryl methyl sites for hydroxylation is 1. The number of benzene rings is 1. The standard InChI is InChI=1S/C7H8.C4H3IN2O2/c1-7-5-3-2-4-6-7;8-5(9)4-3-6-1-2-7-4/h2-6H,1H3;1-3H. The van der Waals surface area contributed by atoms with Gasteiger partial charge in [-0.05, 0) is 6.92 Å². The maximum absolute atomic E-state index is 10.2. The third-order valence-electron chi connectivity index (χ3n) is 1.63. The number of nitrogens with zero attached hydrogens (tertiary/aromatic N) is 2. The van der Waals surface area contributed by atoms with Crippen LogP contribution in [0.4, 0.5) is 0 Å². The quantitative estimate of drug-likeness (QED) is 0.755. The minimum Gasteiger partial charge on any atom is -0.260 e. The van der Waals surface area contributed by atoms with Crippen LogP contribution < -0.4 is 0 Å². The Bertz CT molecular complexity index is 476. The summed E-state index contributed by atoms with van der Waals surface area (Å²) in [6.45, 7) is 2.08. The lowest BCUT2D eigenvalue weighted by molar-refractivity contribution is 0.609. The first-order valence-corrected chi connectivity index (χ1v) is 7.37. The van der Waals surface area contributed by atoms with E-state index in [9.17, 15) is 6.14 Å². The normalized spacial score (nSPS) is 9.38. The lowest BCUT2D eigenvalue weighted by Crippen LogP contribution is -1.79. The summed E-state index contributed by atoms with van der Waals surface area (Å²) in [7, 11) is 0. The molecule has 0 aliphatic carbocycles. The fraction of sp³-hybridized carbons (Fsp3) is 0.0909. The summed E-state index contributed by atoms with van der Waals surface area (Å²) in [5.74, 6) is 0. The summed E-state index contributed by atoms with van der Waals surface area (Å²) in [6, 6.07) is 10.3. The van der Waals surface area contributed by atoms with Gasteiger partial charge in [-0.15, -0.1) is 0 Å². The second-order valence-corrected chi connectivity index (χ2v) is 5.25. The van der Waals surface area contributed by atoms with E-state index in [4.69, 9.17) is 0 Å². The van der Waals surface area contributed by atoms with E-state index < -0.39 is 19.8 Å². The lowest BCUT2D eigenvalue weighted by Gasteiger charge is -1.82. The summed E-state index contributed by atoms with van der Waals surface area (Å²) in [5.41, 5.74) is 1.32. The van der Waals surface area contributed by atoms with Crippen molar-refractivity contribution in [2.75, 3.05) is 0 Å². The molecule has 2 aromatic rings. The monoisotopic (exact) mass is 330 g/mol. The van der Waals surface area contributed by atoms with E-state index in [1.807, 2.05) is 18.2 Å². The van der Waals surface area contributed by atoms with Crippen LogP contribution in [0.1, 0.15) is 5.56 Å². The van der Waals surface area contributed by atoms with Gasteiger partial charge in [-0.2, -0.15) is 0 Å². The van der Waals surface area contributed by atoms with E-state index in [-0.39, 0.29) is 3.70 Å². The summed E-state index contributed by atoms with van der Waals surface area (Å²) in [4.78, 5) is 7.14. The summed E-state index contributed by atoms with van der Waals surface area (Å²) in [6.07, 6.45) is 4.03. The fourth-order valence-corrected chi connectivity index (χ4v) is 1.67. The van der Waals surface area contributed by atoms with E-state index in [0.717, 1.165) is 0 Å². The molecular weight excluding hydrogens is 319 g/mol. The predicted octanol–water partition coefficient (Wildman–Crippen LogP) is 2.84. The topological polar surface area (TPSA) is 59.9 Å². The molecule has 0 aliphatic heterocycles. The molecule has 0 N–H and O–H groups in total. The first-order valence-electron chi connectivity index (χ1n) is 4.53. The smallest absolute Gasteiger partial charge is 0.260 e. The summed E-state index contributed by atoms with van der Waals surface area (Å²) >= 11 is -3.35. The molecule has 16 heavy (non-hydrogen) atoms. The van der Waals surface area contributed by atoms with Crippen LogP contribution in [0.3, 0.4) is 0 Å². The van der Waals surface area contributed by atoms with Crippen molar-refractivity contribution < 1.29 is 6.14 Å². The molecule has 1 aromatic carbocycles. The van der Waals surface area contributed by atoms with Crippen LogP contribution in [0, 0.1) is 10.6 Å². The van der Waals surface area contributed by atoms with Gasteiger partial charge < -0.3 is 0 Å². The number of hydrogen-bond acceptors (Lipinski definition) is 4. The molecule has 0 fully saturated rings. The van der Waals surface area contributed by atoms with Gasteiger partial charge in [-0.1, -0.05) is 35.9 Å². The molecule has 0 atom stereocenters. The highest BCUT2D eigenvalue weighted by molar-refractivity contribution is 14.2. The summed E-state index contributed by atoms with van der Waals surface area (Å²) < 4.78 is 20.6. The van der Waals surface area contributed by atoms with E-state index >= 15 is 0 Å². The van der Waals surface area contributed by atoms with Gasteiger partial charge >= 0.3 is 19.8 Å². The Hall–Kier alpha value is -1.37. The second-order valence-electron chi connectivity index (χ2n) is 2.90. The molecule has 4 nitrogen and oxygen atoms in total. The van der Waals surface area contributed by atoms with Gasteiger partial charge in [0, 0.05) is 12.4 Å². The molecule has 1 aromatic heterocycles.